The first-order chi connectivity index (χ1) is 27.2. The van der Waals surface area contributed by atoms with Crippen molar-refractivity contribution in [3.8, 4) is 56.4 Å². The molecule has 4 heteroatoms. The third kappa shape index (κ3) is 5.38. The molecule has 2 aromatic heterocycles. The highest BCUT2D eigenvalue weighted by molar-refractivity contribution is 7.25. The van der Waals surface area contributed by atoms with E-state index >= 15 is 0 Å². The standard InChI is InChI=1S/C51H31N3S/c1-3-13-32(14-4-1)49-52-50(33-15-5-2-6-16-33)54-51(53-49)37-26-28-42-44-30-35(25-27-41(44)39-19-7-8-20-40(39)45(42)31-37)34-17-11-18-36(29-34)38-22-12-24-47-48(38)43-21-9-10-23-46(43)55-47/h1-31H. The third-order valence-corrected chi connectivity index (χ3v) is 11.8. The van der Waals surface area contributed by atoms with Crippen LogP contribution in [-0.2, 0) is 0 Å². The van der Waals surface area contributed by atoms with E-state index in [4.69, 9.17) is 15.0 Å². The largest absolute Gasteiger partial charge is 0.208 e. The van der Waals surface area contributed by atoms with Gasteiger partial charge in [0.05, 0.1) is 0 Å². The summed E-state index contributed by atoms with van der Waals surface area (Å²) in [5.74, 6) is 1.96. The van der Waals surface area contributed by atoms with Gasteiger partial charge in [-0.15, -0.1) is 11.3 Å². The van der Waals surface area contributed by atoms with Gasteiger partial charge in [-0.1, -0.05) is 158 Å². The van der Waals surface area contributed by atoms with E-state index in [9.17, 15) is 0 Å². The van der Waals surface area contributed by atoms with Crippen LogP contribution in [0.2, 0.25) is 0 Å². The second-order valence-electron chi connectivity index (χ2n) is 14.0. The predicted octanol–water partition coefficient (Wildman–Crippen LogP) is 14.0. The minimum atomic E-state index is 0.651. The van der Waals surface area contributed by atoms with Gasteiger partial charge < -0.3 is 0 Å². The summed E-state index contributed by atoms with van der Waals surface area (Å²) in [6.07, 6.45) is 0. The first-order valence-corrected chi connectivity index (χ1v) is 19.3. The van der Waals surface area contributed by atoms with Crippen molar-refractivity contribution in [2.75, 3.05) is 0 Å². The number of thiophene rings is 1. The van der Waals surface area contributed by atoms with Crippen molar-refractivity contribution in [2.45, 2.75) is 0 Å². The quantitative estimate of drug-likeness (QED) is 0.166. The van der Waals surface area contributed by atoms with Crippen LogP contribution in [0, 0.1) is 0 Å². The average Bonchev–Trinajstić information content (AvgIpc) is 3.66. The van der Waals surface area contributed by atoms with Crippen LogP contribution < -0.4 is 0 Å². The summed E-state index contributed by atoms with van der Waals surface area (Å²) in [6.45, 7) is 0. The highest BCUT2D eigenvalue weighted by Crippen LogP contribution is 2.42. The van der Waals surface area contributed by atoms with E-state index < -0.39 is 0 Å². The van der Waals surface area contributed by atoms with Crippen LogP contribution in [0.3, 0.4) is 0 Å². The molecule has 9 aromatic carbocycles. The maximum atomic E-state index is 5.05. The SMILES string of the molecule is c1ccc(-c2nc(-c3ccccc3)nc(-c3ccc4c5cc(-c6cccc(-c7cccc8sc9ccccc9c78)c6)ccc5c5ccccc5c4c3)n2)cc1. The zero-order valence-corrected chi connectivity index (χ0v) is 30.5. The van der Waals surface area contributed by atoms with E-state index in [1.807, 2.05) is 72.0 Å². The maximum Gasteiger partial charge on any atom is 0.164 e. The van der Waals surface area contributed by atoms with Crippen molar-refractivity contribution in [2.24, 2.45) is 0 Å². The highest BCUT2D eigenvalue weighted by atomic mass is 32.1. The molecule has 0 bridgehead atoms. The van der Waals surface area contributed by atoms with Gasteiger partial charge in [-0.05, 0) is 84.9 Å². The molecule has 0 saturated heterocycles. The monoisotopic (exact) mass is 717 g/mol. The molecule has 0 amide bonds. The van der Waals surface area contributed by atoms with Crippen LogP contribution in [0.5, 0.6) is 0 Å². The fourth-order valence-electron chi connectivity index (χ4n) is 8.09. The Morgan fingerprint density at radius 3 is 1.44 bits per heavy atom. The fourth-order valence-corrected chi connectivity index (χ4v) is 9.23. The zero-order chi connectivity index (χ0) is 36.3. The topological polar surface area (TPSA) is 38.7 Å². The van der Waals surface area contributed by atoms with E-state index in [1.54, 1.807) is 0 Å². The van der Waals surface area contributed by atoms with Crippen LogP contribution in [-0.4, -0.2) is 15.0 Å². The lowest BCUT2D eigenvalue weighted by Gasteiger charge is -2.14. The van der Waals surface area contributed by atoms with Crippen LogP contribution in [0.4, 0.5) is 0 Å². The number of benzene rings is 9. The Morgan fingerprint density at radius 1 is 0.273 bits per heavy atom. The summed E-state index contributed by atoms with van der Waals surface area (Å²) in [7, 11) is 0. The van der Waals surface area contributed by atoms with Gasteiger partial charge >= 0.3 is 0 Å². The Balaban J connectivity index is 1.08. The van der Waals surface area contributed by atoms with Crippen molar-refractivity contribution in [3.63, 3.8) is 0 Å². The van der Waals surface area contributed by atoms with Crippen molar-refractivity contribution >= 4 is 63.8 Å². The molecule has 0 atom stereocenters. The molecule has 11 aromatic rings. The van der Waals surface area contributed by atoms with E-state index in [-0.39, 0.29) is 0 Å². The minimum absolute atomic E-state index is 0.651. The number of rotatable bonds is 5. The maximum absolute atomic E-state index is 5.05. The van der Waals surface area contributed by atoms with Crippen molar-refractivity contribution in [3.05, 3.63) is 188 Å². The number of nitrogens with zero attached hydrogens (tertiary/aromatic N) is 3. The molecule has 0 saturated carbocycles. The Morgan fingerprint density at radius 2 is 0.727 bits per heavy atom. The summed E-state index contributed by atoms with van der Waals surface area (Å²) < 4.78 is 2.64. The van der Waals surface area contributed by atoms with E-state index in [0.29, 0.717) is 17.5 Å². The van der Waals surface area contributed by atoms with Gasteiger partial charge in [0.25, 0.3) is 0 Å². The molecule has 0 radical (unpaired) electrons. The van der Waals surface area contributed by atoms with Gasteiger partial charge in [0, 0.05) is 36.9 Å². The minimum Gasteiger partial charge on any atom is -0.208 e. The van der Waals surface area contributed by atoms with Gasteiger partial charge in [-0.25, -0.2) is 15.0 Å². The van der Waals surface area contributed by atoms with Gasteiger partial charge in [-0.2, -0.15) is 0 Å². The second kappa shape index (κ2) is 12.8. The van der Waals surface area contributed by atoms with Gasteiger partial charge in [0.1, 0.15) is 0 Å². The van der Waals surface area contributed by atoms with Crippen molar-refractivity contribution < 1.29 is 0 Å². The van der Waals surface area contributed by atoms with Gasteiger partial charge in [0.2, 0.25) is 0 Å². The average molecular weight is 718 g/mol. The molecule has 55 heavy (non-hydrogen) atoms. The summed E-state index contributed by atoms with van der Waals surface area (Å²) in [5, 5.41) is 9.91. The Labute approximate surface area is 321 Å². The fraction of sp³-hybridized carbons (Fsp3) is 0. The Kier molecular flexibility index (Phi) is 7.35. The molecule has 0 spiro atoms. The molecular formula is C51H31N3S. The third-order valence-electron chi connectivity index (χ3n) is 10.7. The molecule has 0 aliphatic heterocycles. The molecule has 2 heterocycles. The Hall–Kier alpha value is -7.01. The summed E-state index contributed by atoms with van der Waals surface area (Å²) in [6, 6.07) is 67.0. The molecule has 0 aliphatic carbocycles. The van der Waals surface area contributed by atoms with Crippen LogP contribution in [0.1, 0.15) is 0 Å². The highest BCUT2D eigenvalue weighted by Gasteiger charge is 2.16. The lowest BCUT2D eigenvalue weighted by atomic mass is 9.90. The van der Waals surface area contributed by atoms with E-state index in [0.717, 1.165) is 16.7 Å². The molecule has 3 nitrogen and oxygen atoms in total. The van der Waals surface area contributed by atoms with E-state index in [2.05, 4.69) is 127 Å². The molecular weight excluding hydrogens is 687 g/mol. The molecule has 11 rings (SSSR count). The second-order valence-corrected chi connectivity index (χ2v) is 15.0. The first kappa shape index (κ1) is 31.5. The predicted molar refractivity (Wildman–Crippen MR) is 232 cm³/mol. The summed E-state index contributed by atoms with van der Waals surface area (Å²) >= 11 is 1.86. The smallest absolute Gasteiger partial charge is 0.164 e. The number of fused-ring (bicyclic) bond motifs is 9. The molecule has 0 N–H and O–H groups in total. The lowest BCUT2D eigenvalue weighted by Crippen LogP contribution is -2.00. The summed E-state index contributed by atoms with van der Waals surface area (Å²) in [4.78, 5) is 15.0. The van der Waals surface area contributed by atoms with Crippen LogP contribution in [0.25, 0.3) is 109 Å². The molecule has 256 valence electrons. The normalized spacial score (nSPS) is 11.6. The first-order valence-electron chi connectivity index (χ1n) is 18.5. The van der Waals surface area contributed by atoms with E-state index in [1.165, 1.54) is 74.7 Å². The summed E-state index contributed by atoms with van der Waals surface area (Å²) in [5.41, 5.74) is 7.74. The van der Waals surface area contributed by atoms with Gasteiger partial charge in [-0.3, -0.25) is 0 Å². The van der Waals surface area contributed by atoms with Crippen LogP contribution >= 0.6 is 11.3 Å². The van der Waals surface area contributed by atoms with Gasteiger partial charge in [0.15, 0.2) is 17.5 Å². The molecule has 0 fully saturated rings. The Bertz CT molecular complexity index is 3200. The molecule has 0 unspecified atom stereocenters. The number of hydrogen-bond donors (Lipinski definition) is 0. The zero-order valence-electron chi connectivity index (χ0n) is 29.6. The van der Waals surface area contributed by atoms with Crippen molar-refractivity contribution in [1.82, 2.24) is 15.0 Å². The number of hydrogen-bond acceptors (Lipinski definition) is 4. The molecule has 0 aliphatic rings. The van der Waals surface area contributed by atoms with Crippen LogP contribution in [0.15, 0.2) is 188 Å². The van der Waals surface area contributed by atoms with Crippen molar-refractivity contribution in [1.29, 1.82) is 0 Å². The lowest BCUT2D eigenvalue weighted by molar-refractivity contribution is 1.07. The number of aromatic nitrogens is 3.